The molecule has 0 radical (unpaired) electrons. The van der Waals surface area contributed by atoms with Gasteiger partial charge in [-0.25, -0.2) is 4.79 Å². The van der Waals surface area contributed by atoms with Crippen molar-refractivity contribution < 1.29 is 24.4 Å². The van der Waals surface area contributed by atoms with Gasteiger partial charge in [0.05, 0.1) is 23.0 Å². The first-order valence-corrected chi connectivity index (χ1v) is 5.51. The Bertz CT molecular complexity index is 523. The van der Waals surface area contributed by atoms with E-state index in [2.05, 4.69) is 0 Å². The van der Waals surface area contributed by atoms with Crippen molar-refractivity contribution in [3.63, 3.8) is 0 Å². The van der Waals surface area contributed by atoms with Crippen LogP contribution >= 0.6 is 0 Å². The highest BCUT2D eigenvalue weighted by molar-refractivity contribution is 5.91. The maximum Gasteiger partial charge on any atom is 0.336 e. The van der Waals surface area contributed by atoms with Crippen molar-refractivity contribution >= 4 is 17.6 Å². The van der Waals surface area contributed by atoms with E-state index in [9.17, 15) is 19.7 Å². The third-order valence-electron chi connectivity index (χ3n) is 2.24. The van der Waals surface area contributed by atoms with Crippen LogP contribution in [0.1, 0.15) is 29.8 Å². The number of nitro benzene ring substituents is 1. The summed E-state index contributed by atoms with van der Waals surface area (Å²) >= 11 is 0. The second-order valence-corrected chi connectivity index (χ2v) is 4.12. The minimum absolute atomic E-state index is 0.184. The van der Waals surface area contributed by atoms with Gasteiger partial charge in [0.1, 0.15) is 0 Å². The first kappa shape index (κ1) is 14.6. The molecule has 0 saturated carbocycles. The van der Waals surface area contributed by atoms with E-state index >= 15 is 0 Å². The minimum atomic E-state index is -1.32. The van der Waals surface area contributed by atoms with E-state index < -0.39 is 16.9 Å². The second kappa shape index (κ2) is 5.94. The Hall–Kier alpha value is -2.44. The molecular formula is C12H13NO6. The zero-order chi connectivity index (χ0) is 14.6. The number of non-ortho nitro benzene ring substituents is 1. The predicted molar refractivity (Wildman–Crippen MR) is 65.0 cm³/mol. The molecule has 0 aliphatic rings. The van der Waals surface area contributed by atoms with Crippen LogP contribution in [0.3, 0.4) is 0 Å². The summed E-state index contributed by atoms with van der Waals surface area (Å²) in [5, 5.41) is 19.6. The summed E-state index contributed by atoms with van der Waals surface area (Å²) in [6, 6.07) is 3.34. The van der Waals surface area contributed by atoms with Gasteiger partial charge < -0.3 is 9.84 Å². The van der Waals surface area contributed by atoms with E-state index in [1.54, 1.807) is 13.8 Å². The Balaban J connectivity index is 3.04. The van der Waals surface area contributed by atoms with Crippen molar-refractivity contribution in [1.29, 1.82) is 0 Å². The van der Waals surface area contributed by atoms with Crippen molar-refractivity contribution in [3.8, 4) is 0 Å². The van der Waals surface area contributed by atoms with Crippen LogP contribution in [0.25, 0.3) is 0 Å². The van der Waals surface area contributed by atoms with Crippen molar-refractivity contribution in [1.82, 2.24) is 0 Å². The number of esters is 1. The number of carbonyl (C=O) groups excluding carboxylic acids is 1. The average Bonchev–Trinajstić information content (AvgIpc) is 2.27. The third kappa shape index (κ3) is 4.06. The Morgan fingerprint density at radius 3 is 2.53 bits per heavy atom. The van der Waals surface area contributed by atoms with Crippen molar-refractivity contribution in [2.24, 2.45) is 0 Å². The van der Waals surface area contributed by atoms with Crippen LogP contribution in [0.4, 0.5) is 5.69 Å². The molecule has 0 atom stereocenters. The number of carboxylic acid groups (broad SMARTS) is 1. The molecule has 0 bridgehead atoms. The van der Waals surface area contributed by atoms with Crippen LogP contribution in [-0.4, -0.2) is 28.1 Å². The fourth-order valence-corrected chi connectivity index (χ4v) is 1.49. The van der Waals surface area contributed by atoms with Crippen molar-refractivity contribution in [2.75, 3.05) is 0 Å². The molecule has 102 valence electrons. The quantitative estimate of drug-likeness (QED) is 0.495. The number of hydrogen-bond donors (Lipinski definition) is 1. The predicted octanol–water partition coefficient (Wildman–Crippen LogP) is 1.79. The zero-order valence-corrected chi connectivity index (χ0v) is 10.5. The number of carbonyl (C=O) groups is 2. The maximum absolute atomic E-state index is 11.5. The lowest BCUT2D eigenvalue weighted by Gasteiger charge is -2.09. The number of carboxylic acids is 1. The SMILES string of the molecule is CC(C)OC(=O)Cc1ccc([N+](=O)[O-])cc1C(=O)O. The van der Waals surface area contributed by atoms with Crippen LogP contribution in [0.5, 0.6) is 0 Å². The van der Waals surface area contributed by atoms with Gasteiger partial charge in [-0.3, -0.25) is 14.9 Å². The zero-order valence-electron chi connectivity index (χ0n) is 10.5. The second-order valence-electron chi connectivity index (χ2n) is 4.12. The van der Waals surface area contributed by atoms with Gasteiger partial charge >= 0.3 is 11.9 Å². The topological polar surface area (TPSA) is 107 Å². The fraction of sp³-hybridized carbons (Fsp3) is 0.333. The Labute approximate surface area is 109 Å². The lowest BCUT2D eigenvalue weighted by atomic mass is 10.0. The molecule has 0 spiro atoms. The van der Waals surface area contributed by atoms with E-state index in [0.717, 1.165) is 12.1 Å². The molecule has 19 heavy (non-hydrogen) atoms. The smallest absolute Gasteiger partial charge is 0.336 e. The van der Waals surface area contributed by atoms with Crippen molar-refractivity contribution in [3.05, 3.63) is 39.4 Å². The van der Waals surface area contributed by atoms with Gasteiger partial charge in [0, 0.05) is 12.1 Å². The maximum atomic E-state index is 11.5. The Morgan fingerprint density at radius 1 is 1.42 bits per heavy atom. The summed E-state index contributed by atoms with van der Waals surface area (Å²) in [7, 11) is 0. The molecule has 0 amide bonds. The van der Waals surface area contributed by atoms with E-state index in [-0.39, 0.29) is 29.3 Å². The summed E-state index contributed by atoms with van der Waals surface area (Å²) in [5.74, 6) is -1.90. The summed E-state index contributed by atoms with van der Waals surface area (Å²) < 4.78 is 4.90. The number of nitrogens with zero attached hydrogens (tertiary/aromatic N) is 1. The standard InChI is InChI=1S/C12H13NO6/c1-7(2)19-11(14)5-8-3-4-9(13(17)18)6-10(8)12(15)16/h3-4,6-7H,5H2,1-2H3,(H,15,16). The largest absolute Gasteiger partial charge is 0.478 e. The first-order chi connectivity index (χ1) is 8.81. The van der Waals surface area contributed by atoms with E-state index in [4.69, 9.17) is 9.84 Å². The number of nitro groups is 1. The van der Waals surface area contributed by atoms with E-state index in [0.29, 0.717) is 0 Å². The molecule has 7 nitrogen and oxygen atoms in total. The Morgan fingerprint density at radius 2 is 2.05 bits per heavy atom. The minimum Gasteiger partial charge on any atom is -0.478 e. The molecule has 0 aliphatic heterocycles. The molecule has 1 N–H and O–H groups in total. The lowest BCUT2D eigenvalue weighted by molar-refractivity contribution is -0.384. The summed E-state index contributed by atoms with van der Waals surface area (Å²) in [5.41, 5.74) is -0.419. The molecule has 0 aliphatic carbocycles. The summed E-state index contributed by atoms with van der Waals surface area (Å²) in [6.45, 7) is 3.34. The van der Waals surface area contributed by atoms with Gasteiger partial charge in [-0.05, 0) is 19.4 Å². The highest BCUT2D eigenvalue weighted by Gasteiger charge is 2.18. The van der Waals surface area contributed by atoms with E-state index in [1.165, 1.54) is 6.07 Å². The van der Waals surface area contributed by atoms with Crippen LogP contribution < -0.4 is 0 Å². The van der Waals surface area contributed by atoms with E-state index in [1.807, 2.05) is 0 Å². The van der Waals surface area contributed by atoms with Crippen molar-refractivity contribution in [2.45, 2.75) is 26.4 Å². The number of hydrogen-bond acceptors (Lipinski definition) is 5. The first-order valence-electron chi connectivity index (χ1n) is 5.51. The monoisotopic (exact) mass is 267 g/mol. The number of rotatable bonds is 5. The van der Waals surface area contributed by atoms with Gasteiger partial charge in [0.15, 0.2) is 0 Å². The average molecular weight is 267 g/mol. The van der Waals surface area contributed by atoms with Crippen LogP contribution in [-0.2, 0) is 16.0 Å². The van der Waals surface area contributed by atoms with Gasteiger partial charge in [-0.15, -0.1) is 0 Å². The fourth-order valence-electron chi connectivity index (χ4n) is 1.49. The van der Waals surface area contributed by atoms with Gasteiger partial charge in [-0.2, -0.15) is 0 Å². The summed E-state index contributed by atoms with van der Waals surface area (Å²) in [4.78, 5) is 32.4. The third-order valence-corrected chi connectivity index (χ3v) is 2.24. The van der Waals surface area contributed by atoms with Crippen LogP contribution in [0.2, 0.25) is 0 Å². The number of ether oxygens (including phenoxy) is 1. The Kier molecular flexibility index (Phi) is 4.57. The molecule has 7 heteroatoms. The molecule has 0 heterocycles. The molecule has 0 fully saturated rings. The molecule has 0 unspecified atom stereocenters. The molecule has 0 aromatic heterocycles. The number of aromatic carboxylic acids is 1. The van der Waals surface area contributed by atoms with Crippen LogP contribution in [0.15, 0.2) is 18.2 Å². The summed E-state index contributed by atoms with van der Waals surface area (Å²) in [6.07, 6.45) is -0.545. The molecule has 1 aromatic rings. The highest BCUT2D eigenvalue weighted by Crippen LogP contribution is 2.19. The number of benzene rings is 1. The van der Waals surface area contributed by atoms with Gasteiger partial charge in [0.25, 0.3) is 5.69 Å². The normalized spacial score (nSPS) is 10.3. The molecular weight excluding hydrogens is 254 g/mol. The molecule has 1 aromatic carbocycles. The highest BCUT2D eigenvalue weighted by atomic mass is 16.6. The van der Waals surface area contributed by atoms with Gasteiger partial charge in [0.2, 0.25) is 0 Å². The molecule has 0 saturated heterocycles. The van der Waals surface area contributed by atoms with Crippen LogP contribution in [0, 0.1) is 10.1 Å². The lowest BCUT2D eigenvalue weighted by Crippen LogP contribution is -2.15. The van der Waals surface area contributed by atoms with Gasteiger partial charge in [-0.1, -0.05) is 6.07 Å². The molecule has 1 rings (SSSR count).